The standard InChI is InChI=1S/C12H22N4O/c1-9(5-6-17)8-16-12(10-3-2-4-10)11(7-13)14-15-16/h9-10,17H,2-8,13H2,1H3. The minimum Gasteiger partial charge on any atom is -0.396 e. The molecule has 1 aromatic rings. The summed E-state index contributed by atoms with van der Waals surface area (Å²) in [5.74, 6) is 1.02. The van der Waals surface area contributed by atoms with Gasteiger partial charge < -0.3 is 10.8 Å². The van der Waals surface area contributed by atoms with Crippen LogP contribution in [0.4, 0.5) is 0 Å². The van der Waals surface area contributed by atoms with Crippen LogP contribution in [0.15, 0.2) is 0 Å². The molecule has 96 valence electrons. The fraction of sp³-hybridized carbons (Fsp3) is 0.833. The average molecular weight is 238 g/mol. The molecule has 2 rings (SSSR count). The molecule has 1 unspecified atom stereocenters. The van der Waals surface area contributed by atoms with Crippen molar-refractivity contribution < 1.29 is 5.11 Å². The van der Waals surface area contributed by atoms with Crippen molar-refractivity contribution >= 4 is 0 Å². The predicted molar refractivity (Wildman–Crippen MR) is 65.4 cm³/mol. The van der Waals surface area contributed by atoms with E-state index in [9.17, 15) is 0 Å². The van der Waals surface area contributed by atoms with Crippen molar-refractivity contribution in [3.63, 3.8) is 0 Å². The quantitative estimate of drug-likeness (QED) is 0.776. The van der Waals surface area contributed by atoms with E-state index in [2.05, 4.69) is 17.2 Å². The van der Waals surface area contributed by atoms with Crippen molar-refractivity contribution in [1.82, 2.24) is 15.0 Å². The van der Waals surface area contributed by atoms with Gasteiger partial charge in [0.15, 0.2) is 0 Å². The Labute approximate surface area is 102 Å². The van der Waals surface area contributed by atoms with E-state index in [1.54, 1.807) is 0 Å². The third-order valence-electron chi connectivity index (χ3n) is 3.64. The summed E-state index contributed by atoms with van der Waals surface area (Å²) in [6.07, 6.45) is 4.57. The van der Waals surface area contributed by atoms with Crippen LogP contribution in [0.5, 0.6) is 0 Å². The van der Waals surface area contributed by atoms with E-state index in [4.69, 9.17) is 10.8 Å². The van der Waals surface area contributed by atoms with Gasteiger partial charge in [-0.15, -0.1) is 5.10 Å². The first-order chi connectivity index (χ1) is 8.26. The van der Waals surface area contributed by atoms with Gasteiger partial charge in [-0.2, -0.15) is 0 Å². The number of nitrogens with zero attached hydrogens (tertiary/aromatic N) is 3. The zero-order chi connectivity index (χ0) is 12.3. The molecule has 0 bridgehead atoms. The molecule has 0 amide bonds. The van der Waals surface area contributed by atoms with E-state index in [0.29, 0.717) is 18.4 Å². The summed E-state index contributed by atoms with van der Waals surface area (Å²) in [7, 11) is 0. The molecule has 1 atom stereocenters. The lowest BCUT2D eigenvalue weighted by Crippen LogP contribution is -2.20. The second-order valence-corrected chi connectivity index (χ2v) is 5.05. The van der Waals surface area contributed by atoms with Crippen molar-refractivity contribution in [3.8, 4) is 0 Å². The summed E-state index contributed by atoms with van der Waals surface area (Å²) < 4.78 is 2.01. The maximum atomic E-state index is 8.94. The Morgan fingerprint density at radius 2 is 2.29 bits per heavy atom. The van der Waals surface area contributed by atoms with Gasteiger partial charge in [0.25, 0.3) is 0 Å². The molecule has 0 saturated heterocycles. The summed E-state index contributed by atoms with van der Waals surface area (Å²) in [5.41, 5.74) is 7.90. The van der Waals surface area contributed by atoms with Crippen LogP contribution in [-0.4, -0.2) is 26.7 Å². The minimum absolute atomic E-state index is 0.234. The Balaban J connectivity index is 2.12. The fourth-order valence-electron chi connectivity index (χ4n) is 2.37. The molecular formula is C12H22N4O. The van der Waals surface area contributed by atoms with Gasteiger partial charge in [-0.05, 0) is 25.2 Å². The zero-order valence-corrected chi connectivity index (χ0v) is 10.5. The molecule has 1 heterocycles. The first-order valence-corrected chi connectivity index (χ1v) is 6.49. The number of hydrogen-bond donors (Lipinski definition) is 2. The minimum atomic E-state index is 0.234. The highest BCUT2D eigenvalue weighted by atomic mass is 16.3. The van der Waals surface area contributed by atoms with Gasteiger partial charge in [0.1, 0.15) is 0 Å². The molecule has 17 heavy (non-hydrogen) atoms. The summed E-state index contributed by atoms with van der Waals surface area (Å²) in [6, 6.07) is 0. The molecule has 0 aliphatic heterocycles. The molecule has 5 heteroatoms. The zero-order valence-electron chi connectivity index (χ0n) is 10.5. The highest BCUT2D eigenvalue weighted by Crippen LogP contribution is 2.37. The Hall–Kier alpha value is -0.940. The summed E-state index contributed by atoms with van der Waals surface area (Å²) >= 11 is 0. The number of hydrogen-bond acceptors (Lipinski definition) is 4. The lowest BCUT2D eigenvalue weighted by Gasteiger charge is -2.27. The van der Waals surface area contributed by atoms with Crippen LogP contribution in [0.2, 0.25) is 0 Å². The number of aliphatic hydroxyl groups is 1. The molecule has 0 spiro atoms. The van der Waals surface area contributed by atoms with Gasteiger partial charge in [-0.3, -0.25) is 0 Å². The number of aromatic nitrogens is 3. The van der Waals surface area contributed by atoms with E-state index in [0.717, 1.165) is 18.7 Å². The van der Waals surface area contributed by atoms with Crippen molar-refractivity contribution in [1.29, 1.82) is 0 Å². The van der Waals surface area contributed by atoms with Crippen LogP contribution >= 0.6 is 0 Å². The van der Waals surface area contributed by atoms with Gasteiger partial charge in [-0.25, -0.2) is 4.68 Å². The molecule has 1 aromatic heterocycles. The normalized spacial score (nSPS) is 18.1. The summed E-state index contributed by atoms with van der Waals surface area (Å²) in [5, 5.41) is 17.3. The lowest BCUT2D eigenvalue weighted by atomic mass is 9.82. The molecule has 1 aliphatic rings. The van der Waals surface area contributed by atoms with Crippen molar-refractivity contribution in [3.05, 3.63) is 11.4 Å². The molecule has 1 aliphatic carbocycles. The van der Waals surface area contributed by atoms with E-state index in [-0.39, 0.29) is 6.61 Å². The van der Waals surface area contributed by atoms with Gasteiger partial charge in [0.2, 0.25) is 0 Å². The SMILES string of the molecule is CC(CCO)Cn1nnc(CN)c1C1CCC1. The Bertz CT molecular complexity index is 359. The molecule has 1 saturated carbocycles. The smallest absolute Gasteiger partial charge is 0.0997 e. The highest BCUT2D eigenvalue weighted by molar-refractivity contribution is 5.17. The Morgan fingerprint density at radius 3 is 2.82 bits per heavy atom. The molecular weight excluding hydrogens is 216 g/mol. The van der Waals surface area contributed by atoms with Crippen LogP contribution in [0, 0.1) is 5.92 Å². The van der Waals surface area contributed by atoms with E-state index in [1.165, 1.54) is 25.0 Å². The van der Waals surface area contributed by atoms with Crippen LogP contribution < -0.4 is 5.73 Å². The third kappa shape index (κ3) is 2.66. The van der Waals surface area contributed by atoms with Crippen LogP contribution in [0.1, 0.15) is 49.9 Å². The van der Waals surface area contributed by atoms with Crippen LogP contribution in [0.3, 0.4) is 0 Å². The van der Waals surface area contributed by atoms with Crippen molar-refractivity contribution in [2.24, 2.45) is 11.7 Å². The number of rotatable bonds is 6. The maximum Gasteiger partial charge on any atom is 0.0997 e. The van der Waals surface area contributed by atoms with Crippen LogP contribution in [-0.2, 0) is 13.1 Å². The van der Waals surface area contributed by atoms with Crippen molar-refractivity contribution in [2.45, 2.75) is 51.6 Å². The van der Waals surface area contributed by atoms with Gasteiger partial charge in [-0.1, -0.05) is 18.6 Å². The first kappa shape index (κ1) is 12.5. The number of aliphatic hydroxyl groups excluding tert-OH is 1. The topological polar surface area (TPSA) is 77.0 Å². The average Bonchev–Trinajstić information content (AvgIpc) is 2.60. The highest BCUT2D eigenvalue weighted by Gasteiger charge is 2.27. The van der Waals surface area contributed by atoms with Crippen LogP contribution in [0.25, 0.3) is 0 Å². The molecule has 3 N–H and O–H groups in total. The fourth-order valence-corrected chi connectivity index (χ4v) is 2.37. The molecule has 0 aromatic carbocycles. The first-order valence-electron chi connectivity index (χ1n) is 6.49. The second-order valence-electron chi connectivity index (χ2n) is 5.05. The van der Waals surface area contributed by atoms with E-state index >= 15 is 0 Å². The molecule has 5 nitrogen and oxygen atoms in total. The summed E-state index contributed by atoms with van der Waals surface area (Å²) in [4.78, 5) is 0. The second kappa shape index (κ2) is 5.60. The van der Waals surface area contributed by atoms with E-state index < -0.39 is 0 Å². The number of nitrogens with two attached hydrogens (primary N) is 1. The predicted octanol–water partition coefficient (Wildman–Crippen LogP) is 1.02. The monoisotopic (exact) mass is 238 g/mol. The van der Waals surface area contributed by atoms with Gasteiger partial charge >= 0.3 is 0 Å². The van der Waals surface area contributed by atoms with Gasteiger partial charge in [0, 0.05) is 25.6 Å². The third-order valence-corrected chi connectivity index (χ3v) is 3.64. The Morgan fingerprint density at radius 1 is 1.53 bits per heavy atom. The lowest BCUT2D eigenvalue weighted by molar-refractivity contribution is 0.248. The summed E-state index contributed by atoms with van der Waals surface area (Å²) in [6.45, 7) is 3.67. The van der Waals surface area contributed by atoms with E-state index in [1.807, 2.05) is 4.68 Å². The van der Waals surface area contributed by atoms with Gasteiger partial charge in [0.05, 0.1) is 11.4 Å². The molecule has 1 fully saturated rings. The Kier molecular flexibility index (Phi) is 4.12. The maximum absolute atomic E-state index is 8.94. The largest absolute Gasteiger partial charge is 0.396 e. The van der Waals surface area contributed by atoms with Crippen molar-refractivity contribution in [2.75, 3.05) is 6.61 Å². The molecule has 0 radical (unpaired) electrons.